The summed E-state index contributed by atoms with van der Waals surface area (Å²) in [4.78, 5) is 39.2. The zero-order chi connectivity index (χ0) is 14.3. The first-order chi connectivity index (χ1) is 8.99. The van der Waals surface area contributed by atoms with Crippen LogP contribution >= 0.6 is 0 Å². The maximum absolute atomic E-state index is 11.4. The maximum Gasteiger partial charge on any atom is 0.326 e. The minimum atomic E-state index is -1.28. The van der Waals surface area contributed by atoms with Gasteiger partial charge in [-0.15, -0.1) is 0 Å². The Labute approximate surface area is 108 Å². The van der Waals surface area contributed by atoms with Crippen molar-refractivity contribution in [3.05, 3.63) is 18.2 Å². The van der Waals surface area contributed by atoms with Gasteiger partial charge in [-0.3, -0.25) is 4.79 Å². The van der Waals surface area contributed by atoms with Crippen molar-refractivity contribution in [3.8, 4) is 0 Å². The fourth-order valence-corrected chi connectivity index (χ4v) is 1.29. The van der Waals surface area contributed by atoms with Crippen LogP contribution in [0.4, 0.5) is 4.79 Å². The molecule has 0 saturated carbocycles. The standard InChI is InChI=1S/C10H14N4O5/c15-8(16)2-1-6(9(17)18)14-10(19)13-5-7-11-3-4-12-7/h3-4,6H,1-2,5H2,(H,11,12)(H,15,16)(H,17,18)(H2,13,14,19). The summed E-state index contributed by atoms with van der Waals surface area (Å²) in [6.07, 6.45) is 2.58. The summed E-state index contributed by atoms with van der Waals surface area (Å²) in [5.41, 5.74) is 0. The lowest BCUT2D eigenvalue weighted by Gasteiger charge is -2.13. The highest BCUT2D eigenvalue weighted by Gasteiger charge is 2.20. The number of amides is 2. The summed E-state index contributed by atoms with van der Waals surface area (Å²) in [5.74, 6) is -1.88. The van der Waals surface area contributed by atoms with Gasteiger partial charge in [-0.1, -0.05) is 0 Å². The lowest BCUT2D eigenvalue weighted by Crippen LogP contribution is -2.46. The number of rotatable bonds is 7. The summed E-state index contributed by atoms with van der Waals surface area (Å²) < 4.78 is 0. The topological polar surface area (TPSA) is 144 Å². The number of imidazole rings is 1. The van der Waals surface area contributed by atoms with E-state index in [1.807, 2.05) is 0 Å². The van der Waals surface area contributed by atoms with Gasteiger partial charge in [-0.05, 0) is 6.42 Å². The molecule has 9 nitrogen and oxygen atoms in total. The van der Waals surface area contributed by atoms with Gasteiger partial charge in [0.1, 0.15) is 11.9 Å². The van der Waals surface area contributed by atoms with Crippen molar-refractivity contribution in [2.45, 2.75) is 25.4 Å². The molecule has 1 rings (SSSR count). The Hall–Kier alpha value is -2.58. The number of carboxylic acids is 2. The second-order valence-corrected chi connectivity index (χ2v) is 3.69. The van der Waals surface area contributed by atoms with Crippen LogP contribution in [-0.4, -0.2) is 44.2 Å². The smallest absolute Gasteiger partial charge is 0.326 e. The number of aromatic amines is 1. The number of nitrogens with one attached hydrogen (secondary N) is 3. The van der Waals surface area contributed by atoms with E-state index in [2.05, 4.69) is 20.6 Å². The van der Waals surface area contributed by atoms with E-state index in [1.165, 1.54) is 6.20 Å². The largest absolute Gasteiger partial charge is 0.481 e. The third kappa shape index (κ3) is 5.52. The third-order valence-corrected chi connectivity index (χ3v) is 2.22. The van der Waals surface area contributed by atoms with Crippen molar-refractivity contribution in [2.75, 3.05) is 0 Å². The Balaban J connectivity index is 2.38. The van der Waals surface area contributed by atoms with Crippen molar-refractivity contribution >= 4 is 18.0 Å². The van der Waals surface area contributed by atoms with Crippen LogP contribution in [0.1, 0.15) is 18.7 Å². The van der Waals surface area contributed by atoms with Gasteiger partial charge in [0, 0.05) is 18.8 Å². The summed E-state index contributed by atoms with van der Waals surface area (Å²) >= 11 is 0. The van der Waals surface area contributed by atoms with Gasteiger partial charge in [0.2, 0.25) is 0 Å². The first-order valence-electron chi connectivity index (χ1n) is 5.46. The van der Waals surface area contributed by atoms with E-state index in [1.54, 1.807) is 6.20 Å². The molecule has 0 fully saturated rings. The molecule has 0 aliphatic rings. The molecule has 5 N–H and O–H groups in total. The van der Waals surface area contributed by atoms with Gasteiger partial charge in [0.25, 0.3) is 0 Å². The average Bonchev–Trinajstić information content (AvgIpc) is 2.84. The molecule has 0 bridgehead atoms. The number of aliphatic carboxylic acids is 2. The van der Waals surface area contributed by atoms with E-state index in [4.69, 9.17) is 10.2 Å². The number of hydrogen-bond acceptors (Lipinski definition) is 4. The normalized spacial score (nSPS) is 11.6. The van der Waals surface area contributed by atoms with Crippen LogP contribution in [0.2, 0.25) is 0 Å². The van der Waals surface area contributed by atoms with Gasteiger partial charge >= 0.3 is 18.0 Å². The molecule has 0 saturated heterocycles. The van der Waals surface area contributed by atoms with E-state index in [9.17, 15) is 14.4 Å². The molecule has 0 spiro atoms. The third-order valence-electron chi connectivity index (χ3n) is 2.22. The molecule has 0 aromatic carbocycles. The fraction of sp³-hybridized carbons (Fsp3) is 0.400. The van der Waals surface area contributed by atoms with E-state index >= 15 is 0 Å². The number of hydrogen-bond donors (Lipinski definition) is 5. The van der Waals surface area contributed by atoms with Gasteiger partial charge in [0.05, 0.1) is 6.54 Å². The summed E-state index contributed by atoms with van der Waals surface area (Å²) in [6.45, 7) is 0.115. The molecule has 1 atom stereocenters. The van der Waals surface area contributed by atoms with Gasteiger partial charge in [-0.25, -0.2) is 14.6 Å². The van der Waals surface area contributed by atoms with Crippen molar-refractivity contribution in [2.24, 2.45) is 0 Å². The number of nitrogens with zero attached hydrogens (tertiary/aromatic N) is 1. The first-order valence-corrected chi connectivity index (χ1v) is 5.46. The van der Waals surface area contributed by atoms with Gasteiger partial charge in [-0.2, -0.15) is 0 Å². The predicted octanol–water partition coefficient (Wildman–Crippen LogP) is -0.473. The van der Waals surface area contributed by atoms with Crippen molar-refractivity contribution in [1.82, 2.24) is 20.6 Å². The lowest BCUT2D eigenvalue weighted by atomic mass is 10.1. The number of carbonyl (C=O) groups excluding carboxylic acids is 1. The predicted molar refractivity (Wildman–Crippen MR) is 62.3 cm³/mol. The number of H-pyrrole nitrogens is 1. The lowest BCUT2D eigenvalue weighted by molar-refractivity contribution is -0.140. The summed E-state index contributed by atoms with van der Waals surface area (Å²) in [7, 11) is 0. The molecule has 1 aromatic heterocycles. The first kappa shape index (κ1) is 14.5. The van der Waals surface area contributed by atoms with Crippen LogP contribution in [0.15, 0.2) is 12.4 Å². The molecule has 2 amide bonds. The van der Waals surface area contributed by atoms with Crippen molar-refractivity contribution in [1.29, 1.82) is 0 Å². The van der Waals surface area contributed by atoms with Crippen molar-refractivity contribution in [3.63, 3.8) is 0 Å². The highest BCUT2D eigenvalue weighted by molar-refractivity contribution is 5.82. The Bertz CT molecular complexity index is 445. The zero-order valence-electron chi connectivity index (χ0n) is 9.92. The zero-order valence-corrected chi connectivity index (χ0v) is 9.92. The maximum atomic E-state index is 11.4. The summed E-state index contributed by atoms with van der Waals surface area (Å²) in [5, 5.41) is 21.9. The minimum Gasteiger partial charge on any atom is -0.481 e. The fourth-order valence-electron chi connectivity index (χ4n) is 1.29. The molecule has 19 heavy (non-hydrogen) atoms. The van der Waals surface area contributed by atoms with Crippen LogP contribution < -0.4 is 10.6 Å². The van der Waals surface area contributed by atoms with Crippen LogP contribution in [0.25, 0.3) is 0 Å². The van der Waals surface area contributed by atoms with Crippen LogP contribution in [-0.2, 0) is 16.1 Å². The average molecular weight is 270 g/mol. The van der Waals surface area contributed by atoms with Crippen LogP contribution in [0.3, 0.4) is 0 Å². The SMILES string of the molecule is O=C(O)CCC(NC(=O)NCc1ncc[nH]1)C(=O)O. The van der Waals surface area contributed by atoms with E-state index < -0.39 is 24.0 Å². The van der Waals surface area contributed by atoms with Crippen molar-refractivity contribution < 1.29 is 24.6 Å². The van der Waals surface area contributed by atoms with E-state index in [-0.39, 0.29) is 19.4 Å². The molecule has 1 aromatic rings. The number of carbonyl (C=O) groups is 3. The Kier molecular flexibility index (Phi) is 5.33. The second-order valence-electron chi connectivity index (χ2n) is 3.69. The molecule has 1 unspecified atom stereocenters. The minimum absolute atomic E-state index is 0.115. The molecule has 0 aliphatic heterocycles. The highest BCUT2D eigenvalue weighted by Crippen LogP contribution is 1.98. The number of carboxylic acid groups (broad SMARTS) is 2. The van der Waals surface area contributed by atoms with E-state index in [0.717, 1.165) is 0 Å². The second kappa shape index (κ2) is 6.99. The van der Waals surface area contributed by atoms with E-state index in [0.29, 0.717) is 5.82 Å². The molecule has 104 valence electrons. The Morgan fingerprint density at radius 2 is 2.11 bits per heavy atom. The molecule has 0 radical (unpaired) electrons. The Morgan fingerprint density at radius 1 is 1.37 bits per heavy atom. The van der Waals surface area contributed by atoms with Crippen LogP contribution in [0, 0.1) is 0 Å². The molecule has 9 heteroatoms. The van der Waals surface area contributed by atoms with Crippen LogP contribution in [0.5, 0.6) is 0 Å². The highest BCUT2D eigenvalue weighted by atomic mass is 16.4. The molecule has 0 aliphatic carbocycles. The van der Waals surface area contributed by atoms with Gasteiger partial charge in [0.15, 0.2) is 0 Å². The number of aromatic nitrogens is 2. The Morgan fingerprint density at radius 3 is 2.63 bits per heavy atom. The quantitative estimate of drug-likeness (QED) is 0.453. The molecular formula is C10H14N4O5. The molecule has 1 heterocycles. The van der Waals surface area contributed by atoms with Gasteiger partial charge < -0.3 is 25.8 Å². The monoisotopic (exact) mass is 270 g/mol. The summed E-state index contributed by atoms with van der Waals surface area (Å²) in [6, 6.07) is -1.94. The molecular weight excluding hydrogens is 256 g/mol. The number of urea groups is 1.